The molecule has 2 rings (SSSR count). The molecule has 3 nitrogen and oxygen atoms in total. The molecule has 1 atom stereocenters. The molecule has 1 unspecified atom stereocenters. The van der Waals surface area contributed by atoms with Crippen LogP contribution in [-0.4, -0.2) is 33.9 Å². The van der Waals surface area contributed by atoms with E-state index in [0.717, 1.165) is 37.8 Å². The fourth-order valence-electron chi connectivity index (χ4n) is 3.16. The fourth-order valence-corrected chi connectivity index (χ4v) is 3.16. The summed E-state index contributed by atoms with van der Waals surface area (Å²) in [5.74, 6) is 1.85. The number of nitrogens with one attached hydrogen (secondary N) is 1. The maximum Gasteiger partial charge on any atom is 0.122 e. The third-order valence-electron chi connectivity index (χ3n) is 4.60. The van der Waals surface area contributed by atoms with Crippen LogP contribution >= 0.6 is 0 Å². The topological polar surface area (TPSA) is 30.5 Å². The third-order valence-corrected chi connectivity index (χ3v) is 4.60. The second kappa shape index (κ2) is 7.28. The fraction of sp³-hybridized carbons (Fsp3) is 0.667. The number of benzene rings is 1. The molecule has 0 aliphatic heterocycles. The molecular formula is C18H29NO2. The van der Waals surface area contributed by atoms with E-state index in [1.165, 1.54) is 24.0 Å². The van der Waals surface area contributed by atoms with Gasteiger partial charge in [0.1, 0.15) is 5.75 Å². The molecule has 0 amide bonds. The van der Waals surface area contributed by atoms with Crippen molar-refractivity contribution >= 4 is 0 Å². The number of methoxy groups -OCH3 is 2. The molecule has 1 aliphatic rings. The van der Waals surface area contributed by atoms with E-state index >= 15 is 0 Å². The predicted molar refractivity (Wildman–Crippen MR) is 87.0 cm³/mol. The van der Waals surface area contributed by atoms with Gasteiger partial charge in [-0.2, -0.15) is 0 Å². The Bertz CT molecular complexity index is 457. The second-order valence-corrected chi connectivity index (χ2v) is 6.59. The first-order valence-electron chi connectivity index (χ1n) is 7.92. The van der Waals surface area contributed by atoms with Gasteiger partial charge in [0.05, 0.1) is 13.7 Å². The van der Waals surface area contributed by atoms with E-state index in [-0.39, 0.29) is 0 Å². The molecule has 1 N–H and O–H groups in total. The summed E-state index contributed by atoms with van der Waals surface area (Å²) in [5.41, 5.74) is 2.94. The van der Waals surface area contributed by atoms with Crippen LogP contribution in [0.3, 0.4) is 0 Å². The summed E-state index contributed by atoms with van der Waals surface area (Å²) < 4.78 is 10.7. The highest BCUT2D eigenvalue weighted by Gasteiger charge is 2.41. The molecule has 0 saturated heterocycles. The van der Waals surface area contributed by atoms with Crippen LogP contribution in [0, 0.1) is 18.3 Å². The summed E-state index contributed by atoms with van der Waals surface area (Å²) in [6.07, 6.45) is 3.79. The lowest BCUT2D eigenvalue weighted by molar-refractivity contribution is 0.187. The first-order valence-corrected chi connectivity index (χ1v) is 7.92. The molecular weight excluding hydrogens is 262 g/mol. The second-order valence-electron chi connectivity index (χ2n) is 6.59. The smallest absolute Gasteiger partial charge is 0.122 e. The van der Waals surface area contributed by atoms with Crippen LogP contribution in [-0.2, 0) is 11.2 Å². The van der Waals surface area contributed by atoms with Crippen molar-refractivity contribution in [2.75, 3.05) is 33.9 Å². The minimum absolute atomic E-state index is 0.300. The molecule has 1 fully saturated rings. The Morgan fingerprint density at radius 1 is 1.29 bits per heavy atom. The van der Waals surface area contributed by atoms with E-state index in [1.807, 2.05) is 0 Å². The number of rotatable bonds is 9. The van der Waals surface area contributed by atoms with Crippen LogP contribution in [0.5, 0.6) is 5.75 Å². The molecule has 1 aliphatic carbocycles. The van der Waals surface area contributed by atoms with Crippen molar-refractivity contribution in [1.82, 2.24) is 5.32 Å². The normalized spacial score (nSPS) is 17.5. The average molecular weight is 291 g/mol. The quantitative estimate of drug-likeness (QED) is 0.709. The molecule has 1 aromatic carbocycles. The Hall–Kier alpha value is -1.06. The van der Waals surface area contributed by atoms with E-state index in [2.05, 4.69) is 37.4 Å². The summed E-state index contributed by atoms with van der Waals surface area (Å²) in [6.45, 7) is 7.29. The van der Waals surface area contributed by atoms with Gasteiger partial charge >= 0.3 is 0 Å². The molecule has 1 aromatic rings. The van der Waals surface area contributed by atoms with E-state index in [1.54, 1.807) is 14.2 Å². The number of hydrogen-bond donors (Lipinski definition) is 1. The maximum atomic E-state index is 5.55. The van der Waals surface area contributed by atoms with Crippen molar-refractivity contribution in [1.29, 1.82) is 0 Å². The van der Waals surface area contributed by atoms with Crippen LogP contribution in [0.2, 0.25) is 0 Å². The third kappa shape index (κ3) is 4.45. The standard InChI is InChI=1S/C18H29NO2/c1-14-5-8-17(21-4)15(11-14)12-18(2,16-6-7-16)13-19-9-10-20-3/h5,8,11,16,19H,6-7,9-10,12-13H2,1-4H3. The molecule has 21 heavy (non-hydrogen) atoms. The highest BCUT2D eigenvalue weighted by molar-refractivity contribution is 5.37. The van der Waals surface area contributed by atoms with Crippen LogP contribution < -0.4 is 10.1 Å². The first-order chi connectivity index (χ1) is 10.1. The van der Waals surface area contributed by atoms with Gasteiger partial charge in [-0.05, 0) is 49.1 Å². The Kier molecular flexibility index (Phi) is 5.65. The first kappa shape index (κ1) is 16.3. The van der Waals surface area contributed by atoms with E-state index < -0.39 is 0 Å². The average Bonchev–Trinajstić information content (AvgIpc) is 3.29. The zero-order valence-corrected chi connectivity index (χ0v) is 13.9. The van der Waals surface area contributed by atoms with Gasteiger partial charge in [0.25, 0.3) is 0 Å². The van der Waals surface area contributed by atoms with Crippen molar-refractivity contribution in [2.24, 2.45) is 11.3 Å². The van der Waals surface area contributed by atoms with Crippen molar-refractivity contribution in [3.63, 3.8) is 0 Å². The summed E-state index contributed by atoms with van der Waals surface area (Å²) in [5, 5.41) is 3.55. The highest BCUT2D eigenvalue weighted by atomic mass is 16.5. The van der Waals surface area contributed by atoms with Gasteiger partial charge in [-0.25, -0.2) is 0 Å². The van der Waals surface area contributed by atoms with E-state index in [0.29, 0.717) is 5.41 Å². The Morgan fingerprint density at radius 3 is 2.67 bits per heavy atom. The van der Waals surface area contributed by atoms with Gasteiger partial charge in [-0.1, -0.05) is 24.6 Å². The van der Waals surface area contributed by atoms with Crippen LogP contribution in [0.1, 0.15) is 30.9 Å². The molecule has 1 saturated carbocycles. The summed E-state index contributed by atoms with van der Waals surface area (Å²) in [4.78, 5) is 0. The number of ether oxygens (including phenoxy) is 2. The SMILES string of the molecule is COCCNCC(C)(Cc1cc(C)ccc1OC)C1CC1. The molecule has 0 aromatic heterocycles. The monoisotopic (exact) mass is 291 g/mol. The predicted octanol–water partition coefficient (Wildman–Crippen LogP) is 3.20. The lowest BCUT2D eigenvalue weighted by Gasteiger charge is -2.31. The van der Waals surface area contributed by atoms with Crippen LogP contribution in [0.15, 0.2) is 18.2 Å². The van der Waals surface area contributed by atoms with Gasteiger partial charge in [-0.3, -0.25) is 0 Å². The summed E-state index contributed by atoms with van der Waals surface area (Å²) in [7, 11) is 3.51. The summed E-state index contributed by atoms with van der Waals surface area (Å²) >= 11 is 0. The van der Waals surface area contributed by atoms with Crippen molar-refractivity contribution < 1.29 is 9.47 Å². The number of hydrogen-bond acceptors (Lipinski definition) is 3. The highest BCUT2D eigenvalue weighted by Crippen LogP contribution is 2.47. The molecule has 0 radical (unpaired) electrons. The van der Waals surface area contributed by atoms with Crippen molar-refractivity contribution in [2.45, 2.75) is 33.1 Å². The minimum atomic E-state index is 0.300. The maximum absolute atomic E-state index is 5.55. The molecule has 118 valence electrons. The Balaban J connectivity index is 2.06. The van der Waals surface area contributed by atoms with Crippen LogP contribution in [0.4, 0.5) is 0 Å². The van der Waals surface area contributed by atoms with Gasteiger partial charge in [-0.15, -0.1) is 0 Å². The summed E-state index contributed by atoms with van der Waals surface area (Å²) in [6, 6.07) is 6.48. The molecule has 0 spiro atoms. The molecule has 0 bridgehead atoms. The lowest BCUT2D eigenvalue weighted by atomic mass is 9.78. The van der Waals surface area contributed by atoms with Gasteiger partial charge in [0.15, 0.2) is 0 Å². The van der Waals surface area contributed by atoms with E-state index in [4.69, 9.17) is 9.47 Å². The molecule has 3 heteroatoms. The zero-order valence-electron chi connectivity index (χ0n) is 13.9. The zero-order chi connectivity index (χ0) is 15.3. The lowest BCUT2D eigenvalue weighted by Crippen LogP contribution is -2.37. The largest absolute Gasteiger partial charge is 0.496 e. The van der Waals surface area contributed by atoms with Gasteiger partial charge in [0, 0.05) is 20.2 Å². The minimum Gasteiger partial charge on any atom is -0.496 e. The van der Waals surface area contributed by atoms with E-state index in [9.17, 15) is 0 Å². The van der Waals surface area contributed by atoms with Crippen molar-refractivity contribution in [3.05, 3.63) is 29.3 Å². The number of aryl methyl sites for hydroxylation is 1. The van der Waals surface area contributed by atoms with Crippen molar-refractivity contribution in [3.8, 4) is 5.75 Å². The Labute approximate surface area is 129 Å². The van der Waals surface area contributed by atoms with Crippen LogP contribution in [0.25, 0.3) is 0 Å². The Morgan fingerprint density at radius 2 is 2.05 bits per heavy atom. The molecule has 0 heterocycles. The van der Waals surface area contributed by atoms with Gasteiger partial charge < -0.3 is 14.8 Å². The van der Waals surface area contributed by atoms with Gasteiger partial charge in [0.2, 0.25) is 0 Å².